The second kappa shape index (κ2) is 5.62. The van der Waals surface area contributed by atoms with Crippen LogP contribution in [0.25, 0.3) is 0 Å². The lowest BCUT2D eigenvalue weighted by molar-refractivity contribution is 0.638. The molecule has 0 bridgehead atoms. The summed E-state index contributed by atoms with van der Waals surface area (Å²) in [5, 5.41) is 0. The first-order valence-electron chi connectivity index (χ1n) is 6.42. The molecular formula is C14H25NOS2Si. The maximum atomic E-state index is 13.7. The fourth-order valence-corrected chi connectivity index (χ4v) is 8.66. The van der Waals surface area contributed by atoms with E-state index in [0.717, 1.165) is 9.79 Å². The Labute approximate surface area is 123 Å². The van der Waals surface area contributed by atoms with Crippen molar-refractivity contribution < 1.29 is 4.21 Å². The van der Waals surface area contributed by atoms with Crippen molar-refractivity contribution in [2.45, 2.75) is 55.0 Å². The topological polar surface area (TPSA) is 29.4 Å². The first-order chi connectivity index (χ1) is 8.51. The molecule has 1 rings (SSSR count). The molecule has 0 aliphatic rings. The average Bonchev–Trinajstić information content (AvgIpc) is 2.25. The highest BCUT2D eigenvalue weighted by molar-refractivity contribution is 8.00. The van der Waals surface area contributed by atoms with E-state index in [1.54, 1.807) is 11.8 Å². The molecule has 1 aromatic rings. The maximum Gasteiger partial charge on any atom is 0.185 e. The van der Waals surface area contributed by atoms with E-state index >= 15 is 0 Å². The Morgan fingerprint density at radius 3 is 2.11 bits per heavy atom. The summed E-state index contributed by atoms with van der Waals surface area (Å²) in [5.41, 5.74) is 0. The summed E-state index contributed by atoms with van der Waals surface area (Å²) >= 11 is 1.64. The van der Waals surface area contributed by atoms with Gasteiger partial charge in [0.1, 0.15) is 0 Å². The van der Waals surface area contributed by atoms with E-state index in [4.69, 9.17) is 4.03 Å². The zero-order valence-electron chi connectivity index (χ0n) is 13.0. The van der Waals surface area contributed by atoms with Crippen molar-refractivity contribution in [3.63, 3.8) is 0 Å². The highest BCUT2D eigenvalue weighted by Gasteiger charge is 2.32. The molecule has 2 nitrogen and oxygen atoms in total. The summed E-state index contributed by atoms with van der Waals surface area (Å²) in [5.74, 6) is 0. The Morgan fingerprint density at radius 2 is 1.68 bits per heavy atom. The number of hydrogen-bond donors (Lipinski definition) is 0. The summed E-state index contributed by atoms with van der Waals surface area (Å²) in [6.45, 7) is 12.5. The van der Waals surface area contributed by atoms with Crippen molar-refractivity contribution in [2.24, 2.45) is 4.03 Å². The lowest BCUT2D eigenvalue weighted by Crippen LogP contribution is -2.32. The Morgan fingerprint density at radius 1 is 1.16 bits per heavy atom. The van der Waals surface area contributed by atoms with Crippen LogP contribution in [0.4, 0.5) is 0 Å². The highest BCUT2D eigenvalue weighted by atomic mass is 32.2. The van der Waals surface area contributed by atoms with E-state index in [1.807, 2.05) is 51.3 Å². The van der Waals surface area contributed by atoms with Crippen LogP contribution >= 0.6 is 11.8 Å². The van der Waals surface area contributed by atoms with Gasteiger partial charge in [-0.1, -0.05) is 12.1 Å². The van der Waals surface area contributed by atoms with Crippen LogP contribution in [0, 0.1) is 0 Å². The summed E-state index contributed by atoms with van der Waals surface area (Å²) in [6.07, 6.45) is 2.02. The van der Waals surface area contributed by atoms with Gasteiger partial charge in [-0.3, -0.25) is 4.03 Å². The molecule has 1 atom stereocenters. The number of nitrogens with zero attached hydrogens (tertiary/aromatic N) is 1. The first-order valence-corrected chi connectivity index (χ1v) is 12.6. The van der Waals surface area contributed by atoms with Crippen molar-refractivity contribution in [1.82, 2.24) is 0 Å². The van der Waals surface area contributed by atoms with Crippen LogP contribution in [0.15, 0.2) is 38.1 Å². The van der Waals surface area contributed by atoms with E-state index in [9.17, 15) is 4.21 Å². The molecule has 19 heavy (non-hydrogen) atoms. The van der Waals surface area contributed by atoms with Crippen molar-refractivity contribution in [3.8, 4) is 0 Å². The van der Waals surface area contributed by atoms with E-state index < -0.39 is 18.0 Å². The summed E-state index contributed by atoms with van der Waals surface area (Å²) < 4.78 is 18.1. The molecule has 0 fully saturated rings. The monoisotopic (exact) mass is 315 g/mol. The van der Waals surface area contributed by atoms with E-state index in [0.29, 0.717) is 0 Å². The third kappa shape index (κ3) is 3.86. The minimum absolute atomic E-state index is 0.362. The molecule has 0 N–H and O–H groups in total. The third-order valence-electron chi connectivity index (χ3n) is 2.60. The number of hydrogen-bond acceptors (Lipinski definition) is 3. The second-order valence-electron chi connectivity index (χ2n) is 6.55. The number of rotatable bonds is 3. The number of thioether (sulfide) groups is 1. The fraction of sp³-hybridized carbons (Fsp3) is 0.571. The molecule has 5 heteroatoms. The lowest BCUT2D eigenvalue weighted by atomic mass is 10.3. The minimum atomic E-state index is -2.42. The quantitative estimate of drug-likeness (QED) is 0.588. The van der Waals surface area contributed by atoms with Gasteiger partial charge in [-0.25, -0.2) is 4.21 Å². The Kier molecular flexibility index (Phi) is 4.97. The van der Waals surface area contributed by atoms with Crippen LogP contribution in [-0.4, -0.2) is 23.4 Å². The van der Waals surface area contributed by atoms with Crippen LogP contribution in [0.5, 0.6) is 0 Å². The van der Waals surface area contributed by atoms with Crippen molar-refractivity contribution in [2.75, 3.05) is 6.26 Å². The Hall–Kier alpha value is -0.263. The van der Waals surface area contributed by atoms with Gasteiger partial charge in [-0.05, 0) is 58.8 Å². The van der Waals surface area contributed by atoms with Crippen molar-refractivity contribution in [3.05, 3.63) is 24.3 Å². The smallest absolute Gasteiger partial charge is 0.185 e. The average molecular weight is 316 g/mol. The molecule has 0 spiro atoms. The third-order valence-corrected chi connectivity index (χ3v) is 9.36. The van der Waals surface area contributed by atoms with Crippen LogP contribution < -0.4 is 0 Å². The van der Waals surface area contributed by atoms with Gasteiger partial charge in [-0.15, -0.1) is 11.8 Å². The molecule has 0 heterocycles. The Balaban J connectivity index is 3.70. The van der Waals surface area contributed by atoms with Crippen LogP contribution in [-0.2, 0) is 9.73 Å². The molecule has 0 radical (unpaired) electrons. The van der Waals surface area contributed by atoms with E-state index in [1.165, 1.54) is 0 Å². The van der Waals surface area contributed by atoms with Crippen LogP contribution in [0.3, 0.4) is 0 Å². The standard InChI is InChI=1S/C14H25NOS2Si/c1-14(2,3)18(16,15-19(5,6)7)13-11-9-8-10-12(13)17-4/h8-11H,1-7H3. The van der Waals surface area contributed by atoms with Gasteiger partial charge in [-0.2, -0.15) is 0 Å². The van der Waals surface area contributed by atoms with Gasteiger partial charge in [0.15, 0.2) is 8.24 Å². The van der Waals surface area contributed by atoms with Gasteiger partial charge >= 0.3 is 0 Å². The zero-order valence-corrected chi connectivity index (χ0v) is 15.6. The van der Waals surface area contributed by atoms with Gasteiger partial charge in [0, 0.05) is 9.64 Å². The molecule has 108 valence electrons. The molecule has 0 amide bonds. The summed E-state index contributed by atoms with van der Waals surface area (Å²) in [7, 11) is -4.20. The van der Waals surface area contributed by atoms with E-state index in [2.05, 4.69) is 19.6 Å². The van der Waals surface area contributed by atoms with Crippen LogP contribution in [0.2, 0.25) is 19.6 Å². The highest BCUT2D eigenvalue weighted by Crippen LogP contribution is 2.35. The molecule has 0 aliphatic carbocycles. The van der Waals surface area contributed by atoms with Gasteiger partial charge in [0.2, 0.25) is 0 Å². The zero-order chi connectivity index (χ0) is 14.9. The molecular weight excluding hydrogens is 290 g/mol. The summed E-state index contributed by atoms with van der Waals surface area (Å²) in [4.78, 5) is 1.97. The Bertz CT molecular complexity index is 562. The summed E-state index contributed by atoms with van der Waals surface area (Å²) in [6, 6.07) is 7.96. The first kappa shape index (κ1) is 16.8. The van der Waals surface area contributed by atoms with Crippen LogP contribution in [0.1, 0.15) is 20.8 Å². The minimum Gasteiger partial charge on any atom is -0.274 e. The van der Waals surface area contributed by atoms with Crippen molar-refractivity contribution in [1.29, 1.82) is 0 Å². The van der Waals surface area contributed by atoms with Gasteiger partial charge in [0.25, 0.3) is 0 Å². The van der Waals surface area contributed by atoms with Gasteiger partial charge < -0.3 is 0 Å². The predicted molar refractivity (Wildman–Crippen MR) is 90.2 cm³/mol. The van der Waals surface area contributed by atoms with Crippen molar-refractivity contribution >= 4 is 29.7 Å². The SMILES string of the molecule is CSc1ccccc1S(=O)(=N[Si](C)(C)C)C(C)(C)C. The molecule has 0 saturated carbocycles. The maximum absolute atomic E-state index is 13.7. The molecule has 0 aromatic heterocycles. The largest absolute Gasteiger partial charge is 0.274 e. The number of benzene rings is 1. The normalized spacial score (nSPS) is 15.9. The predicted octanol–water partition coefficient (Wildman–Crippen LogP) is 4.87. The molecule has 0 aliphatic heterocycles. The molecule has 1 unspecified atom stereocenters. The fourth-order valence-electron chi connectivity index (χ4n) is 1.75. The molecule has 0 saturated heterocycles. The van der Waals surface area contributed by atoms with E-state index in [-0.39, 0.29) is 4.75 Å². The van der Waals surface area contributed by atoms with Gasteiger partial charge in [0.05, 0.1) is 14.6 Å². The molecule has 1 aromatic carbocycles. The second-order valence-corrected chi connectivity index (χ2v) is 15.2. The lowest BCUT2D eigenvalue weighted by Gasteiger charge is -2.29.